The van der Waals surface area contributed by atoms with Gasteiger partial charge in [0, 0.05) is 38.9 Å². The minimum atomic E-state index is -0.0846. The molecule has 1 aromatic rings. The quantitative estimate of drug-likeness (QED) is 0.177. The van der Waals surface area contributed by atoms with E-state index in [4.69, 9.17) is 9.73 Å². The molecule has 1 saturated heterocycles. The molecular formula is C20H34IN5O2. The highest BCUT2D eigenvalue weighted by Crippen LogP contribution is 2.18. The van der Waals surface area contributed by atoms with Gasteiger partial charge in [-0.3, -0.25) is 9.79 Å². The molecule has 0 spiro atoms. The maximum atomic E-state index is 12.1. The number of nitrogens with zero attached hydrogens (tertiary/aromatic N) is 3. The first-order valence-corrected chi connectivity index (χ1v) is 10.1. The summed E-state index contributed by atoms with van der Waals surface area (Å²) in [6.07, 6.45) is 5.71. The average molecular weight is 503 g/mol. The van der Waals surface area contributed by atoms with Crippen molar-refractivity contribution in [3.63, 3.8) is 0 Å². The zero-order valence-corrected chi connectivity index (χ0v) is 19.4. The lowest BCUT2D eigenvalue weighted by Crippen LogP contribution is -2.48. The number of guanidine groups is 1. The molecular weight excluding hydrogens is 469 g/mol. The van der Waals surface area contributed by atoms with Gasteiger partial charge in [0.25, 0.3) is 0 Å². The summed E-state index contributed by atoms with van der Waals surface area (Å²) in [5.41, 5.74) is 0. The van der Waals surface area contributed by atoms with Crippen molar-refractivity contribution in [3.05, 3.63) is 24.4 Å². The van der Waals surface area contributed by atoms with Gasteiger partial charge in [0.2, 0.25) is 0 Å². The smallest absolute Gasteiger partial charge is 0.310 e. The van der Waals surface area contributed by atoms with Crippen molar-refractivity contribution in [2.75, 3.05) is 44.6 Å². The largest absolute Gasteiger partial charge is 0.466 e. The summed E-state index contributed by atoms with van der Waals surface area (Å²) in [7, 11) is 0. The minimum absolute atomic E-state index is 0. The van der Waals surface area contributed by atoms with Crippen LogP contribution in [0.1, 0.15) is 39.5 Å². The van der Waals surface area contributed by atoms with Crippen LogP contribution in [-0.4, -0.2) is 61.1 Å². The van der Waals surface area contributed by atoms with Crippen LogP contribution in [0.3, 0.4) is 0 Å². The highest BCUT2D eigenvalue weighted by Gasteiger charge is 2.28. The maximum absolute atomic E-state index is 12.1. The summed E-state index contributed by atoms with van der Waals surface area (Å²) in [5.74, 6) is 1.68. The van der Waals surface area contributed by atoms with E-state index >= 15 is 0 Å². The lowest BCUT2D eigenvalue weighted by Gasteiger charge is -2.34. The summed E-state index contributed by atoms with van der Waals surface area (Å²) in [6, 6.07) is 5.86. The number of carbonyl (C=O) groups excluding carboxylic acids is 1. The van der Waals surface area contributed by atoms with Crippen LogP contribution in [0.25, 0.3) is 0 Å². The predicted octanol–water partition coefficient (Wildman–Crippen LogP) is 3.13. The molecule has 8 heteroatoms. The van der Waals surface area contributed by atoms with Crippen molar-refractivity contribution in [2.24, 2.45) is 10.9 Å². The van der Waals surface area contributed by atoms with E-state index in [1.54, 1.807) is 6.20 Å². The number of ether oxygens (including phenoxy) is 1. The first-order chi connectivity index (χ1) is 13.2. The molecule has 1 aliphatic heterocycles. The van der Waals surface area contributed by atoms with Crippen molar-refractivity contribution in [3.8, 4) is 0 Å². The van der Waals surface area contributed by atoms with Crippen molar-refractivity contribution in [1.82, 2.24) is 15.2 Å². The number of piperidine rings is 1. The molecule has 0 amide bonds. The Morgan fingerprint density at radius 3 is 2.93 bits per heavy atom. The Labute approximate surface area is 185 Å². The number of hydrogen-bond acceptors (Lipinski definition) is 5. The zero-order chi connectivity index (χ0) is 19.3. The molecule has 0 bridgehead atoms. The van der Waals surface area contributed by atoms with Crippen LogP contribution in [0.5, 0.6) is 0 Å². The second-order valence-electron chi connectivity index (χ2n) is 6.62. The third kappa shape index (κ3) is 8.62. The van der Waals surface area contributed by atoms with Gasteiger partial charge in [0.15, 0.2) is 5.96 Å². The van der Waals surface area contributed by atoms with Gasteiger partial charge >= 0.3 is 5.97 Å². The van der Waals surface area contributed by atoms with Crippen LogP contribution >= 0.6 is 24.0 Å². The number of halogens is 1. The molecule has 28 heavy (non-hydrogen) atoms. The van der Waals surface area contributed by atoms with Gasteiger partial charge in [0.05, 0.1) is 12.5 Å². The first kappa shape index (κ1) is 24.5. The van der Waals surface area contributed by atoms with Gasteiger partial charge in [0.1, 0.15) is 5.82 Å². The van der Waals surface area contributed by atoms with E-state index in [0.717, 1.165) is 63.6 Å². The normalized spacial score (nSPS) is 16.9. The van der Waals surface area contributed by atoms with E-state index in [9.17, 15) is 4.79 Å². The summed E-state index contributed by atoms with van der Waals surface area (Å²) >= 11 is 0. The lowest BCUT2D eigenvalue weighted by atomic mass is 9.98. The van der Waals surface area contributed by atoms with E-state index in [1.807, 2.05) is 25.1 Å². The number of nitrogens with one attached hydrogen (secondary N) is 2. The predicted molar refractivity (Wildman–Crippen MR) is 124 cm³/mol. The SMILES string of the molecule is CCNC(=NCCCCNc1ccccn1)N1CCCC(C(=O)OCC)C1.I. The lowest BCUT2D eigenvalue weighted by molar-refractivity contribution is -0.149. The van der Waals surface area contributed by atoms with Gasteiger partial charge < -0.3 is 20.3 Å². The number of anilines is 1. The van der Waals surface area contributed by atoms with Crippen LogP contribution in [0.15, 0.2) is 29.4 Å². The average Bonchev–Trinajstić information content (AvgIpc) is 2.71. The molecule has 1 atom stereocenters. The number of carbonyl (C=O) groups is 1. The highest BCUT2D eigenvalue weighted by atomic mass is 127. The van der Waals surface area contributed by atoms with Crippen molar-refractivity contribution in [2.45, 2.75) is 39.5 Å². The molecule has 0 aromatic carbocycles. The molecule has 158 valence electrons. The van der Waals surface area contributed by atoms with Crippen molar-refractivity contribution >= 4 is 41.7 Å². The molecule has 1 aliphatic rings. The van der Waals surface area contributed by atoms with Crippen LogP contribution < -0.4 is 10.6 Å². The van der Waals surface area contributed by atoms with Gasteiger partial charge in [-0.15, -0.1) is 24.0 Å². The van der Waals surface area contributed by atoms with E-state index in [1.165, 1.54) is 0 Å². The summed E-state index contributed by atoms with van der Waals surface area (Å²) in [5, 5.41) is 6.67. The third-order valence-corrected chi connectivity index (χ3v) is 4.49. The number of rotatable bonds is 9. The molecule has 7 nitrogen and oxygen atoms in total. The van der Waals surface area contributed by atoms with Crippen molar-refractivity contribution < 1.29 is 9.53 Å². The second kappa shape index (κ2) is 14.4. The molecule has 2 N–H and O–H groups in total. The molecule has 2 rings (SSSR count). The van der Waals surface area contributed by atoms with Gasteiger partial charge in [-0.05, 0) is 51.7 Å². The molecule has 0 radical (unpaired) electrons. The monoisotopic (exact) mass is 503 g/mol. The Bertz CT molecular complexity index is 585. The maximum Gasteiger partial charge on any atom is 0.310 e. The van der Waals surface area contributed by atoms with Gasteiger partial charge in [-0.1, -0.05) is 6.07 Å². The Morgan fingerprint density at radius 1 is 1.36 bits per heavy atom. The fourth-order valence-corrected chi connectivity index (χ4v) is 3.15. The van der Waals surface area contributed by atoms with Crippen LogP contribution in [0.2, 0.25) is 0 Å². The Morgan fingerprint density at radius 2 is 2.21 bits per heavy atom. The van der Waals surface area contributed by atoms with E-state index in [2.05, 4.69) is 27.4 Å². The number of unbranched alkanes of at least 4 members (excludes halogenated alkanes) is 1. The van der Waals surface area contributed by atoms with Gasteiger partial charge in [-0.25, -0.2) is 4.98 Å². The summed E-state index contributed by atoms with van der Waals surface area (Å²) in [6.45, 7) is 8.46. The molecule has 0 saturated carbocycles. The van der Waals surface area contributed by atoms with Crippen LogP contribution in [0.4, 0.5) is 5.82 Å². The van der Waals surface area contributed by atoms with Gasteiger partial charge in [-0.2, -0.15) is 0 Å². The first-order valence-electron chi connectivity index (χ1n) is 10.1. The topological polar surface area (TPSA) is 78.9 Å². The number of pyridine rings is 1. The molecule has 1 fully saturated rings. The Kier molecular flexibility index (Phi) is 12.6. The summed E-state index contributed by atoms with van der Waals surface area (Å²) in [4.78, 5) is 23.3. The zero-order valence-electron chi connectivity index (χ0n) is 17.0. The molecule has 1 unspecified atom stereocenters. The van der Waals surface area contributed by atoms with E-state index < -0.39 is 0 Å². The van der Waals surface area contributed by atoms with E-state index in [0.29, 0.717) is 13.2 Å². The molecule has 0 aliphatic carbocycles. The highest BCUT2D eigenvalue weighted by molar-refractivity contribution is 14.0. The second-order valence-corrected chi connectivity index (χ2v) is 6.62. The summed E-state index contributed by atoms with van der Waals surface area (Å²) < 4.78 is 5.19. The van der Waals surface area contributed by atoms with Crippen molar-refractivity contribution in [1.29, 1.82) is 0 Å². The minimum Gasteiger partial charge on any atom is -0.466 e. The number of aliphatic imine (C=N–C) groups is 1. The number of hydrogen-bond donors (Lipinski definition) is 2. The molecule has 2 heterocycles. The van der Waals surface area contributed by atoms with E-state index in [-0.39, 0.29) is 35.9 Å². The Balaban J connectivity index is 0.00000392. The molecule has 1 aromatic heterocycles. The number of likely N-dealkylation sites (tertiary alicyclic amines) is 1. The Hall–Kier alpha value is -1.58. The fraction of sp³-hybridized carbons (Fsp3) is 0.650. The third-order valence-electron chi connectivity index (χ3n) is 4.49. The van der Waals surface area contributed by atoms with Crippen LogP contribution in [-0.2, 0) is 9.53 Å². The fourth-order valence-electron chi connectivity index (χ4n) is 3.15. The number of esters is 1. The van der Waals surface area contributed by atoms with Crippen LogP contribution in [0, 0.1) is 5.92 Å². The standard InChI is InChI=1S/C20H33N5O2.HI/c1-3-21-20(25-15-9-10-17(16-25)19(26)27-4-2)24-14-8-7-13-23-18-11-5-6-12-22-18;/h5-6,11-12,17H,3-4,7-10,13-16H2,1-2H3,(H,21,24)(H,22,23);1H. The number of aromatic nitrogens is 1.